The van der Waals surface area contributed by atoms with E-state index in [4.69, 9.17) is 4.84 Å². The van der Waals surface area contributed by atoms with Gasteiger partial charge >= 0.3 is 5.97 Å². The Morgan fingerprint density at radius 2 is 1.37 bits per heavy atom. The molecule has 384 valence electrons. The van der Waals surface area contributed by atoms with E-state index in [0.29, 0.717) is 64.6 Å². The third-order valence-corrected chi connectivity index (χ3v) is 15.7. The molecule has 0 saturated carbocycles. The van der Waals surface area contributed by atoms with Crippen molar-refractivity contribution >= 4 is 77.0 Å². The van der Waals surface area contributed by atoms with Gasteiger partial charge in [0.2, 0.25) is 17.5 Å². The van der Waals surface area contributed by atoms with Crippen molar-refractivity contribution in [3.8, 4) is 0 Å². The first-order chi connectivity index (χ1) is 33.0. The molecule has 0 aromatic heterocycles. The molecule has 1 unspecified atom stereocenters. The van der Waals surface area contributed by atoms with Crippen LogP contribution in [0.3, 0.4) is 0 Å². The van der Waals surface area contributed by atoms with Gasteiger partial charge in [0.15, 0.2) is 5.71 Å². The zero-order valence-electron chi connectivity index (χ0n) is 40.4. The molecule has 3 aliphatic heterocycles. The van der Waals surface area contributed by atoms with Gasteiger partial charge in [-0.15, -0.1) is 5.06 Å². The molecule has 5 N–H and O–H groups in total. The molecule has 0 spiro atoms. The van der Waals surface area contributed by atoms with Crippen LogP contribution in [0, 0.1) is 5.41 Å². The minimum atomic E-state index is -4.53. The predicted octanol–water partition coefficient (Wildman–Crippen LogP) is 4.75. The first-order valence-corrected chi connectivity index (χ1v) is 27.6. The van der Waals surface area contributed by atoms with E-state index in [0.717, 1.165) is 11.4 Å². The number of likely N-dealkylation sites (N-methyl/N-ethyl adjacent to an activating group) is 1. The van der Waals surface area contributed by atoms with Gasteiger partial charge < -0.3 is 20.4 Å². The molecule has 1 aliphatic carbocycles. The summed E-state index contributed by atoms with van der Waals surface area (Å²) in [5, 5.41) is 5.87. The number of allylic oxidation sites excluding steroid dienone is 8. The summed E-state index contributed by atoms with van der Waals surface area (Å²) in [6, 6.07) is 8.70. The van der Waals surface area contributed by atoms with Crippen molar-refractivity contribution in [3.63, 3.8) is 0 Å². The fourth-order valence-corrected chi connectivity index (χ4v) is 11.0. The normalized spacial score (nSPS) is 21.0. The molecule has 1 atom stereocenters. The zero-order valence-corrected chi connectivity index (χ0v) is 42.8. The Balaban J connectivity index is 1.37. The molecule has 3 heterocycles. The maximum atomic E-state index is 14.7. The first-order valence-electron chi connectivity index (χ1n) is 23.1. The van der Waals surface area contributed by atoms with Crippen LogP contribution in [-0.4, -0.2) is 116 Å². The molecule has 6 rings (SSSR count). The lowest BCUT2D eigenvalue weighted by Crippen LogP contribution is -2.53. The molecule has 1 fully saturated rings. The number of rotatable bonds is 19. The number of fused-ring (bicyclic) bond motifs is 2. The van der Waals surface area contributed by atoms with E-state index in [-0.39, 0.29) is 54.9 Å². The molecule has 1 saturated heterocycles. The number of nitrogens with one attached hydrogen (secondary N) is 2. The Hall–Kier alpha value is -5.85. The second-order valence-electron chi connectivity index (χ2n) is 18.9. The average molecular weight is 1040 g/mol. The molecule has 4 aliphatic rings. The van der Waals surface area contributed by atoms with Crippen LogP contribution in [0.1, 0.15) is 104 Å². The Morgan fingerprint density at radius 1 is 0.761 bits per heavy atom. The number of carbonyl (C=O) groups is 5. The number of hydrogen-bond acceptors (Lipinski definition) is 13. The van der Waals surface area contributed by atoms with Gasteiger partial charge in [0, 0.05) is 73.4 Å². The minimum absolute atomic E-state index is 0.0415. The number of unbranched alkanes of at least 4 members (excludes halogenated alkanes) is 2. The summed E-state index contributed by atoms with van der Waals surface area (Å²) in [5.74, 6) is -4.36. The molecule has 2 aromatic carbocycles. The number of amides is 4. The summed E-state index contributed by atoms with van der Waals surface area (Å²) in [7, 11) is -13.6. The Morgan fingerprint density at radius 3 is 1.96 bits per heavy atom. The Bertz CT molecular complexity index is 3050. The second-order valence-corrected chi connectivity index (χ2v) is 23.3. The highest BCUT2D eigenvalue weighted by Gasteiger charge is 2.49. The van der Waals surface area contributed by atoms with Gasteiger partial charge in [0.1, 0.15) is 12.0 Å². The lowest BCUT2D eigenvalue weighted by molar-refractivity contribution is -0.433. The Labute approximate surface area is 413 Å². The van der Waals surface area contributed by atoms with Crippen molar-refractivity contribution in [1.29, 1.82) is 0 Å². The molecular formula is C48H60N5O15S3+. The lowest BCUT2D eigenvalue weighted by atomic mass is 9.70. The van der Waals surface area contributed by atoms with Crippen LogP contribution in [0.4, 0.5) is 11.4 Å². The van der Waals surface area contributed by atoms with Gasteiger partial charge in [-0.1, -0.05) is 38.5 Å². The van der Waals surface area contributed by atoms with Gasteiger partial charge in [-0.25, -0.2) is 4.79 Å². The number of anilines is 1. The maximum Gasteiger partial charge on any atom is 0.333 e. The molecule has 2 aromatic rings. The van der Waals surface area contributed by atoms with Gasteiger partial charge in [-0.2, -0.15) is 29.8 Å². The molecule has 20 nitrogen and oxygen atoms in total. The monoisotopic (exact) mass is 1040 g/mol. The maximum absolute atomic E-state index is 14.7. The third-order valence-electron chi connectivity index (χ3n) is 13.3. The van der Waals surface area contributed by atoms with Crippen molar-refractivity contribution in [2.45, 2.75) is 114 Å². The van der Waals surface area contributed by atoms with Crippen molar-refractivity contribution in [2.24, 2.45) is 5.41 Å². The fourth-order valence-electron chi connectivity index (χ4n) is 9.63. The van der Waals surface area contributed by atoms with Crippen LogP contribution in [0.5, 0.6) is 0 Å². The largest absolute Gasteiger partial charge is 0.355 e. The molecule has 4 amide bonds. The number of hydrogen-bond donors (Lipinski definition) is 5. The van der Waals surface area contributed by atoms with E-state index >= 15 is 0 Å². The highest BCUT2D eigenvalue weighted by Crippen LogP contribution is 2.49. The molecular weight excluding hydrogens is 983 g/mol. The van der Waals surface area contributed by atoms with Crippen molar-refractivity contribution in [3.05, 3.63) is 94.7 Å². The number of imide groups is 1. The van der Waals surface area contributed by atoms with E-state index in [9.17, 15) is 62.9 Å². The number of carbonyl (C=O) groups excluding carboxylic acids is 5. The minimum Gasteiger partial charge on any atom is -0.355 e. The van der Waals surface area contributed by atoms with Crippen molar-refractivity contribution in [2.75, 3.05) is 36.8 Å². The van der Waals surface area contributed by atoms with E-state index in [1.54, 1.807) is 24.3 Å². The zero-order chi connectivity index (χ0) is 52.5. The van der Waals surface area contributed by atoms with Crippen LogP contribution >= 0.6 is 0 Å². The summed E-state index contributed by atoms with van der Waals surface area (Å²) >= 11 is 0. The van der Waals surface area contributed by atoms with E-state index in [1.807, 2.05) is 69.2 Å². The summed E-state index contributed by atoms with van der Waals surface area (Å²) in [6.07, 6.45) is 9.33. The van der Waals surface area contributed by atoms with Crippen molar-refractivity contribution in [1.82, 2.24) is 15.7 Å². The highest BCUT2D eigenvalue weighted by molar-refractivity contribution is 7.86. The van der Waals surface area contributed by atoms with Crippen LogP contribution in [0.15, 0.2) is 93.4 Å². The molecule has 71 heavy (non-hydrogen) atoms. The summed E-state index contributed by atoms with van der Waals surface area (Å²) in [6.45, 7) is 11.8. The van der Waals surface area contributed by atoms with Gasteiger partial charge in [0.25, 0.3) is 42.2 Å². The van der Waals surface area contributed by atoms with Crippen molar-refractivity contribution < 1.29 is 72.3 Å². The van der Waals surface area contributed by atoms with Crippen LogP contribution < -0.4 is 15.5 Å². The van der Waals surface area contributed by atoms with E-state index in [2.05, 4.69) is 10.6 Å². The van der Waals surface area contributed by atoms with Crippen LogP contribution in [-0.2, 0) is 70.0 Å². The highest BCUT2D eigenvalue weighted by atomic mass is 32.2. The van der Waals surface area contributed by atoms with Crippen LogP contribution in [0.2, 0.25) is 0 Å². The van der Waals surface area contributed by atoms with Gasteiger partial charge in [-0.05, 0) is 106 Å². The van der Waals surface area contributed by atoms with E-state index < -0.39 is 88.5 Å². The van der Waals surface area contributed by atoms with Gasteiger partial charge in [-0.3, -0.25) is 32.8 Å². The smallest absolute Gasteiger partial charge is 0.333 e. The summed E-state index contributed by atoms with van der Waals surface area (Å²) in [4.78, 5) is 71.7. The second kappa shape index (κ2) is 20.7. The topological polar surface area (TPSA) is 291 Å². The summed E-state index contributed by atoms with van der Waals surface area (Å²) in [5.41, 5.74) is 1.55. The molecule has 0 bridgehead atoms. The molecule has 0 radical (unpaired) electrons. The van der Waals surface area contributed by atoms with Gasteiger partial charge in [0.05, 0.1) is 21.0 Å². The first kappa shape index (κ1) is 54.5. The SMILES string of the molecule is CCN1/C(=C/C=C2C=C(/C=C/C3=[N+](CC)c4ccc(S(=O)(=O)O)cc4C3(C)C)CC(C(=O)NCCCCCC(=O)ON3C(=O)CCC3=O)(C(=O)NCCS(=O)(=O)O)C/2)C(C)(C)c2cc(S(=O)(=O)O)ccc21. The third kappa shape index (κ3) is 11.8. The average Bonchev–Trinajstić information content (AvgIpc) is 3.80. The molecule has 23 heteroatoms. The number of benzene rings is 2. The standard InChI is InChI=1S/C48H59N5O15S3/c1-7-51-37-17-15-33(70(62,63)64)27-35(37)46(3,4)39(51)19-13-31-26-32(14-20-40-47(5,6)36-28-34(71(65,66)67)16-18-38(36)52(40)8-2)30-48(29-31,45(58)50-24-25-69(59,60)61)44(57)49-23-11-9-10-12-43(56)68-53-41(54)21-22-42(53)55/h13-20,26-28H,7-12,21-25,29-30H2,1-6H3,(H4-,49,50,57,58,59,60,61,62,63,64,65,66,67)/p+1. The summed E-state index contributed by atoms with van der Waals surface area (Å²) < 4.78 is 103. The number of hydroxylamine groups is 2. The quantitative estimate of drug-likeness (QED) is 0.0417. The predicted molar refractivity (Wildman–Crippen MR) is 260 cm³/mol. The lowest BCUT2D eigenvalue weighted by Gasteiger charge is -2.35. The van der Waals surface area contributed by atoms with Crippen LogP contribution in [0.25, 0.3) is 0 Å². The number of nitrogens with zero attached hydrogens (tertiary/aromatic N) is 3. The van der Waals surface area contributed by atoms with E-state index in [1.165, 1.54) is 24.3 Å². The fraction of sp³-hybridized carbons (Fsp3) is 0.458. The Kier molecular flexibility index (Phi) is 15.9.